The second-order valence-electron chi connectivity index (χ2n) is 14.1. The maximum atomic E-state index is 14.9. The molecule has 3 aromatic rings. The number of rotatable bonds is 9. The van der Waals surface area contributed by atoms with E-state index >= 15 is 0 Å². The van der Waals surface area contributed by atoms with Crippen molar-refractivity contribution in [2.75, 3.05) is 26.2 Å². The molecule has 294 valence electrons. The second kappa shape index (κ2) is 14.5. The van der Waals surface area contributed by atoms with Crippen LogP contribution >= 0.6 is 0 Å². The van der Waals surface area contributed by atoms with Crippen LogP contribution in [0.2, 0.25) is 0 Å². The Morgan fingerprint density at radius 1 is 0.852 bits per heavy atom. The number of amides is 2. The van der Waals surface area contributed by atoms with E-state index in [1.165, 1.54) is 11.8 Å². The minimum atomic E-state index is -6.20. The number of ether oxygens (including phenoxy) is 1. The van der Waals surface area contributed by atoms with Gasteiger partial charge in [-0.2, -0.15) is 26.3 Å². The van der Waals surface area contributed by atoms with E-state index in [0.29, 0.717) is 25.0 Å². The van der Waals surface area contributed by atoms with E-state index in [1.54, 1.807) is 4.90 Å². The first-order valence-corrected chi connectivity index (χ1v) is 18.4. The molecule has 0 aromatic heterocycles. The van der Waals surface area contributed by atoms with Gasteiger partial charge < -0.3 is 19.6 Å². The predicted octanol–water partition coefficient (Wildman–Crippen LogP) is 6.89. The Hall–Kier alpha value is -4.09. The van der Waals surface area contributed by atoms with E-state index in [4.69, 9.17) is 4.74 Å². The van der Waals surface area contributed by atoms with Gasteiger partial charge in [0.05, 0.1) is 17.1 Å². The second-order valence-corrected chi connectivity index (χ2v) is 16.4. The summed E-state index contributed by atoms with van der Waals surface area (Å²) >= 11 is 0. The van der Waals surface area contributed by atoms with Crippen LogP contribution in [0.4, 0.5) is 35.1 Å². The van der Waals surface area contributed by atoms with E-state index in [2.05, 4.69) is 0 Å². The first-order valence-electron chi connectivity index (χ1n) is 16.9. The van der Waals surface area contributed by atoms with Gasteiger partial charge in [0.25, 0.3) is 5.60 Å². The van der Waals surface area contributed by atoms with Crippen molar-refractivity contribution in [1.29, 1.82) is 0 Å². The maximum absolute atomic E-state index is 14.9. The SMILES string of the molecule is CC(=O)N1CCC(C(=O)N2CC[C@](c3ccc(C(OCc4c(F)cccc4C(C)(C)O)(C(F)(F)F)C(F)(F)F)cc3)(S(=O)(=O)c3ccc(F)cc3)C2)CC1. The molecule has 0 bridgehead atoms. The van der Waals surface area contributed by atoms with Crippen LogP contribution in [0, 0.1) is 17.6 Å². The van der Waals surface area contributed by atoms with Crippen LogP contribution in [-0.2, 0) is 46.7 Å². The van der Waals surface area contributed by atoms with Crippen molar-refractivity contribution >= 4 is 21.7 Å². The van der Waals surface area contributed by atoms with E-state index < -0.39 is 90.8 Å². The zero-order valence-corrected chi connectivity index (χ0v) is 30.2. The van der Waals surface area contributed by atoms with Crippen LogP contribution in [0.3, 0.4) is 0 Å². The summed E-state index contributed by atoms with van der Waals surface area (Å²) in [5.41, 5.74) is -9.72. The molecule has 2 aliphatic rings. The molecule has 1 N–H and O–H groups in total. The topological polar surface area (TPSA) is 104 Å². The Kier molecular flexibility index (Phi) is 11.1. The van der Waals surface area contributed by atoms with E-state index in [-0.39, 0.29) is 43.1 Å². The highest BCUT2D eigenvalue weighted by atomic mass is 32.2. The Morgan fingerprint density at radius 3 is 1.94 bits per heavy atom. The number of hydrogen-bond donors (Lipinski definition) is 1. The molecule has 0 aliphatic carbocycles. The summed E-state index contributed by atoms with van der Waals surface area (Å²) in [4.78, 5) is 27.9. The lowest BCUT2D eigenvalue weighted by molar-refractivity contribution is -0.392. The molecule has 2 heterocycles. The number of aliphatic hydroxyl groups is 1. The van der Waals surface area contributed by atoms with Gasteiger partial charge in [0, 0.05) is 50.1 Å². The lowest BCUT2D eigenvalue weighted by atomic mass is 9.88. The molecule has 2 saturated heterocycles. The molecule has 0 unspecified atom stereocenters. The summed E-state index contributed by atoms with van der Waals surface area (Å²) in [6.45, 7) is 2.06. The molecule has 0 spiro atoms. The number of piperidine rings is 1. The monoisotopic (exact) mass is 790 g/mol. The number of carbonyl (C=O) groups excluding carboxylic acids is 2. The molecule has 2 aliphatic heterocycles. The summed E-state index contributed by atoms with van der Waals surface area (Å²) in [5.74, 6) is -3.17. The molecule has 2 fully saturated rings. The molecular formula is C37H38F8N2O6S. The third-order valence-corrected chi connectivity index (χ3v) is 12.8. The lowest BCUT2D eigenvalue weighted by Crippen LogP contribution is -2.56. The zero-order valence-electron chi connectivity index (χ0n) is 29.4. The minimum Gasteiger partial charge on any atom is -0.386 e. The highest BCUT2D eigenvalue weighted by molar-refractivity contribution is 7.92. The molecule has 0 saturated carbocycles. The number of alkyl halides is 6. The molecule has 5 rings (SSSR count). The van der Waals surface area contributed by atoms with Crippen LogP contribution in [0.1, 0.15) is 62.3 Å². The molecule has 1 atom stereocenters. The number of carbonyl (C=O) groups is 2. The fourth-order valence-electron chi connectivity index (χ4n) is 7.32. The van der Waals surface area contributed by atoms with Crippen molar-refractivity contribution in [2.24, 2.45) is 5.92 Å². The molecule has 3 aromatic carbocycles. The average molecular weight is 791 g/mol. The predicted molar refractivity (Wildman–Crippen MR) is 178 cm³/mol. The molecule has 17 heteroatoms. The third-order valence-electron chi connectivity index (χ3n) is 10.3. The number of hydrogen-bond acceptors (Lipinski definition) is 6. The summed E-state index contributed by atoms with van der Waals surface area (Å²) < 4.78 is 149. The van der Waals surface area contributed by atoms with Crippen LogP contribution < -0.4 is 0 Å². The zero-order chi connectivity index (χ0) is 40.1. The lowest BCUT2D eigenvalue weighted by Gasteiger charge is -2.38. The van der Waals surface area contributed by atoms with Gasteiger partial charge in [0.15, 0.2) is 9.84 Å². The quantitative estimate of drug-likeness (QED) is 0.187. The Morgan fingerprint density at radius 2 is 1.43 bits per heavy atom. The maximum Gasteiger partial charge on any atom is 0.430 e. The van der Waals surface area contributed by atoms with Crippen molar-refractivity contribution in [3.8, 4) is 0 Å². The molecular weight excluding hydrogens is 752 g/mol. The van der Waals surface area contributed by atoms with Crippen molar-refractivity contribution in [1.82, 2.24) is 9.80 Å². The summed E-state index contributed by atoms with van der Waals surface area (Å²) in [6.07, 6.45) is -12.1. The van der Waals surface area contributed by atoms with Gasteiger partial charge in [0.1, 0.15) is 16.4 Å². The first kappa shape index (κ1) is 41.1. The fraction of sp³-hybridized carbons (Fsp3) is 0.459. The summed E-state index contributed by atoms with van der Waals surface area (Å²) in [5, 5.41) is 10.5. The highest BCUT2D eigenvalue weighted by Crippen LogP contribution is 2.54. The standard InChI is InChI=1S/C37H38F8N2O6S/c1-23(48)46-18-15-24(16-19-46)32(49)47-20-17-34(22-47,54(51,52)28-13-11-27(38)12-14-28)25-7-9-26(10-8-25)35(36(40,41)42,37(43,44)45)53-21-29-30(33(2,3)50)5-4-6-31(29)39/h4-14,24,50H,15-22H2,1-3H3/t34-/m0/s1. The third kappa shape index (κ3) is 7.33. The van der Waals surface area contributed by atoms with E-state index in [0.717, 1.165) is 68.4 Å². The number of sulfone groups is 1. The van der Waals surface area contributed by atoms with E-state index in [1.807, 2.05) is 0 Å². The highest BCUT2D eigenvalue weighted by Gasteiger charge is 2.73. The normalized spacial score (nSPS) is 19.3. The van der Waals surface area contributed by atoms with Gasteiger partial charge in [-0.3, -0.25) is 9.59 Å². The Bertz CT molecular complexity index is 1960. The molecule has 8 nitrogen and oxygen atoms in total. The fourth-order valence-corrected chi connectivity index (χ4v) is 9.40. The Balaban J connectivity index is 1.58. The van der Waals surface area contributed by atoms with Gasteiger partial charge >= 0.3 is 12.4 Å². The van der Waals surface area contributed by atoms with Gasteiger partial charge in [-0.05, 0) is 74.6 Å². The number of likely N-dealkylation sites (tertiary alicyclic amines) is 2. The van der Waals surface area contributed by atoms with Gasteiger partial charge in [-0.15, -0.1) is 0 Å². The van der Waals surface area contributed by atoms with Crippen molar-refractivity contribution < 1.29 is 63.0 Å². The largest absolute Gasteiger partial charge is 0.430 e. The Labute approximate surface area is 306 Å². The molecule has 2 amide bonds. The van der Waals surface area contributed by atoms with Crippen LogP contribution in [0.5, 0.6) is 0 Å². The summed E-state index contributed by atoms with van der Waals surface area (Å²) in [6, 6.07) is 9.17. The van der Waals surface area contributed by atoms with Crippen molar-refractivity contribution in [3.05, 3.63) is 101 Å². The van der Waals surface area contributed by atoms with Gasteiger partial charge in [-0.25, -0.2) is 17.2 Å². The van der Waals surface area contributed by atoms with E-state index in [9.17, 15) is 58.2 Å². The van der Waals surface area contributed by atoms with Crippen LogP contribution in [0.25, 0.3) is 0 Å². The smallest absolute Gasteiger partial charge is 0.386 e. The minimum absolute atomic E-state index is 0.141. The van der Waals surface area contributed by atoms with Crippen molar-refractivity contribution in [3.63, 3.8) is 0 Å². The summed E-state index contributed by atoms with van der Waals surface area (Å²) in [7, 11) is -4.62. The van der Waals surface area contributed by atoms with Crippen LogP contribution in [0.15, 0.2) is 71.6 Å². The van der Waals surface area contributed by atoms with Crippen molar-refractivity contribution in [2.45, 2.75) is 79.8 Å². The molecule has 0 radical (unpaired) electrons. The van der Waals surface area contributed by atoms with Gasteiger partial charge in [-0.1, -0.05) is 36.4 Å². The average Bonchev–Trinajstić information content (AvgIpc) is 3.55. The molecule has 54 heavy (non-hydrogen) atoms. The van der Waals surface area contributed by atoms with Gasteiger partial charge in [0.2, 0.25) is 11.8 Å². The van der Waals surface area contributed by atoms with Crippen LogP contribution in [-0.4, -0.2) is 73.7 Å². The number of halogens is 8. The number of benzene rings is 3. The first-order chi connectivity index (χ1) is 25.0. The number of nitrogens with zero attached hydrogens (tertiary/aromatic N) is 2.